The van der Waals surface area contributed by atoms with Crippen molar-refractivity contribution in [3.63, 3.8) is 0 Å². The first-order chi connectivity index (χ1) is 9.19. The number of aromatic hydroxyl groups is 1. The van der Waals surface area contributed by atoms with Crippen LogP contribution in [0.15, 0.2) is 12.1 Å². The van der Waals surface area contributed by atoms with Crippen molar-refractivity contribution in [2.24, 2.45) is 0 Å². The van der Waals surface area contributed by atoms with Crippen molar-refractivity contribution < 1.29 is 13.9 Å². The molecule has 1 aromatic rings. The zero-order valence-corrected chi connectivity index (χ0v) is 10.4. The molecular formula is C13H15F2N3O. The number of halogens is 2. The Morgan fingerprint density at radius 1 is 1.42 bits per heavy atom. The maximum Gasteiger partial charge on any atom is 0.144 e. The molecule has 19 heavy (non-hydrogen) atoms. The van der Waals surface area contributed by atoms with Gasteiger partial charge in [0, 0.05) is 31.7 Å². The van der Waals surface area contributed by atoms with Crippen molar-refractivity contribution in [2.45, 2.75) is 6.04 Å². The number of nitrogens with one attached hydrogen (secondary N) is 1. The standard InChI is InChI=1S/C13H15F2N3O/c14-7-12(18-5-3-17-4-6-18)9-1-2-11(15)10(8-16)13(9)19/h1-2,12,17,19H,3-7H2/t12-/m0/s1. The van der Waals surface area contributed by atoms with E-state index < -0.39 is 29.8 Å². The van der Waals surface area contributed by atoms with Gasteiger partial charge in [0.15, 0.2) is 0 Å². The molecule has 2 N–H and O–H groups in total. The Balaban J connectivity index is 2.35. The van der Waals surface area contributed by atoms with Crippen LogP contribution < -0.4 is 5.32 Å². The van der Waals surface area contributed by atoms with Crippen molar-refractivity contribution in [3.8, 4) is 11.8 Å². The second kappa shape index (κ2) is 5.95. The number of rotatable bonds is 3. The zero-order chi connectivity index (χ0) is 13.8. The topological polar surface area (TPSA) is 59.3 Å². The fourth-order valence-corrected chi connectivity index (χ4v) is 2.33. The molecule has 0 amide bonds. The smallest absolute Gasteiger partial charge is 0.144 e. The molecule has 1 saturated heterocycles. The summed E-state index contributed by atoms with van der Waals surface area (Å²) in [5, 5.41) is 21.9. The maximum absolute atomic E-state index is 13.3. The van der Waals surface area contributed by atoms with E-state index in [1.807, 2.05) is 4.90 Å². The van der Waals surface area contributed by atoms with Gasteiger partial charge in [0.1, 0.15) is 29.9 Å². The first-order valence-corrected chi connectivity index (χ1v) is 6.11. The average Bonchev–Trinajstić information content (AvgIpc) is 2.44. The third-order valence-electron chi connectivity index (χ3n) is 3.37. The lowest BCUT2D eigenvalue weighted by Gasteiger charge is -2.34. The van der Waals surface area contributed by atoms with Crippen molar-refractivity contribution in [3.05, 3.63) is 29.1 Å². The maximum atomic E-state index is 13.3. The van der Waals surface area contributed by atoms with Crippen LogP contribution in [0.2, 0.25) is 0 Å². The first-order valence-electron chi connectivity index (χ1n) is 6.11. The van der Waals surface area contributed by atoms with E-state index in [4.69, 9.17) is 5.26 Å². The van der Waals surface area contributed by atoms with Gasteiger partial charge in [0.25, 0.3) is 0 Å². The summed E-state index contributed by atoms with van der Waals surface area (Å²) in [6.45, 7) is 2.08. The van der Waals surface area contributed by atoms with Crippen LogP contribution in [0.25, 0.3) is 0 Å². The molecular weight excluding hydrogens is 252 g/mol. The van der Waals surface area contributed by atoms with Gasteiger partial charge in [-0.05, 0) is 6.07 Å². The van der Waals surface area contributed by atoms with Crippen LogP contribution in [0.3, 0.4) is 0 Å². The highest BCUT2D eigenvalue weighted by atomic mass is 19.1. The monoisotopic (exact) mass is 267 g/mol. The van der Waals surface area contributed by atoms with E-state index in [1.165, 1.54) is 6.07 Å². The first kappa shape index (κ1) is 13.7. The number of hydrogen-bond donors (Lipinski definition) is 2. The van der Waals surface area contributed by atoms with Gasteiger partial charge in [0.2, 0.25) is 0 Å². The zero-order valence-electron chi connectivity index (χ0n) is 10.4. The summed E-state index contributed by atoms with van der Waals surface area (Å²) in [5.41, 5.74) is -0.159. The molecule has 0 aromatic heterocycles. The molecule has 6 heteroatoms. The minimum absolute atomic E-state index is 0.266. The van der Waals surface area contributed by atoms with Gasteiger partial charge in [-0.25, -0.2) is 8.78 Å². The van der Waals surface area contributed by atoms with E-state index in [1.54, 1.807) is 6.07 Å². The number of nitriles is 1. The molecule has 0 bridgehead atoms. The van der Waals surface area contributed by atoms with E-state index in [-0.39, 0.29) is 5.56 Å². The molecule has 0 radical (unpaired) electrons. The highest BCUT2D eigenvalue weighted by molar-refractivity contribution is 5.49. The molecule has 1 aliphatic rings. The summed E-state index contributed by atoms with van der Waals surface area (Å²) >= 11 is 0. The van der Waals surface area contributed by atoms with Gasteiger partial charge < -0.3 is 10.4 Å². The SMILES string of the molecule is N#Cc1c(F)ccc([C@H](CF)N2CCNCC2)c1O. The molecule has 1 heterocycles. The molecule has 1 aliphatic heterocycles. The molecule has 1 fully saturated rings. The minimum atomic E-state index is -0.790. The molecule has 0 unspecified atom stereocenters. The second-order valence-corrected chi connectivity index (χ2v) is 4.43. The Morgan fingerprint density at radius 3 is 2.68 bits per heavy atom. The van der Waals surface area contributed by atoms with E-state index >= 15 is 0 Å². The summed E-state index contributed by atoms with van der Waals surface area (Å²) in [6.07, 6.45) is 0. The molecule has 2 rings (SSSR count). The van der Waals surface area contributed by atoms with Crippen molar-refractivity contribution >= 4 is 0 Å². The van der Waals surface area contributed by atoms with E-state index in [9.17, 15) is 13.9 Å². The lowest BCUT2D eigenvalue weighted by atomic mass is 10.0. The molecule has 0 aliphatic carbocycles. The summed E-state index contributed by atoms with van der Waals surface area (Å²) in [5.74, 6) is -1.25. The van der Waals surface area contributed by atoms with Crippen LogP contribution in [0.4, 0.5) is 8.78 Å². The van der Waals surface area contributed by atoms with Crippen molar-refractivity contribution in [1.82, 2.24) is 10.2 Å². The predicted octanol–water partition coefficient (Wildman–Crippen LogP) is 1.32. The van der Waals surface area contributed by atoms with Gasteiger partial charge >= 0.3 is 0 Å². The Bertz CT molecular complexity index is 495. The highest BCUT2D eigenvalue weighted by Crippen LogP contribution is 2.33. The van der Waals surface area contributed by atoms with Crippen LogP contribution in [-0.2, 0) is 0 Å². The largest absolute Gasteiger partial charge is 0.506 e. The Kier molecular flexibility index (Phi) is 4.30. The van der Waals surface area contributed by atoms with Crippen LogP contribution in [0.5, 0.6) is 5.75 Å². The van der Waals surface area contributed by atoms with Crippen LogP contribution >= 0.6 is 0 Å². The molecule has 0 saturated carbocycles. The fourth-order valence-electron chi connectivity index (χ4n) is 2.33. The number of alkyl halides is 1. The van der Waals surface area contributed by atoms with E-state index in [2.05, 4.69) is 5.32 Å². The molecule has 0 spiro atoms. The van der Waals surface area contributed by atoms with E-state index in [0.717, 1.165) is 19.2 Å². The third kappa shape index (κ3) is 2.67. The summed E-state index contributed by atoms with van der Waals surface area (Å²) in [6, 6.07) is 3.40. The van der Waals surface area contributed by atoms with Gasteiger partial charge in [-0.3, -0.25) is 4.90 Å². The van der Waals surface area contributed by atoms with Crippen LogP contribution in [0.1, 0.15) is 17.2 Å². The number of nitrogens with zero attached hydrogens (tertiary/aromatic N) is 2. The van der Waals surface area contributed by atoms with Gasteiger partial charge in [-0.2, -0.15) is 5.26 Å². The number of piperazine rings is 1. The summed E-state index contributed by atoms with van der Waals surface area (Å²) in [4.78, 5) is 1.88. The number of phenols is 1. The van der Waals surface area contributed by atoms with Gasteiger partial charge in [-0.15, -0.1) is 0 Å². The quantitative estimate of drug-likeness (QED) is 0.867. The predicted molar refractivity (Wildman–Crippen MR) is 65.9 cm³/mol. The Labute approximate surface area is 110 Å². The van der Waals surface area contributed by atoms with Crippen molar-refractivity contribution in [2.75, 3.05) is 32.9 Å². The van der Waals surface area contributed by atoms with E-state index in [0.29, 0.717) is 13.1 Å². The van der Waals surface area contributed by atoms with Gasteiger partial charge in [-0.1, -0.05) is 6.07 Å². The summed E-state index contributed by atoms with van der Waals surface area (Å²) < 4.78 is 26.6. The lowest BCUT2D eigenvalue weighted by molar-refractivity contribution is 0.145. The highest BCUT2D eigenvalue weighted by Gasteiger charge is 2.26. The number of hydrogen-bond acceptors (Lipinski definition) is 4. The van der Waals surface area contributed by atoms with Gasteiger partial charge in [0.05, 0.1) is 6.04 Å². The second-order valence-electron chi connectivity index (χ2n) is 4.43. The normalized spacial score (nSPS) is 17.9. The Morgan fingerprint density at radius 2 is 2.11 bits per heavy atom. The molecule has 1 aromatic carbocycles. The molecule has 102 valence electrons. The van der Waals surface area contributed by atoms with Crippen LogP contribution in [-0.4, -0.2) is 42.9 Å². The van der Waals surface area contributed by atoms with Crippen molar-refractivity contribution in [1.29, 1.82) is 5.26 Å². The van der Waals surface area contributed by atoms with Crippen LogP contribution in [0, 0.1) is 17.1 Å². The third-order valence-corrected chi connectivity index (χ3v) is 3.37. The summed E-state index contributed by atoms with van der Waals surface area (Å²) in [7, 11) is 0. The number of benzene rings is 1. The molecule has 4 nitrogen and oxygen atoms in total. The lowest BCUT2D eigenvalue weighted by Crippen LogP contribution is -2.45. The average molecular weight is 267 g/mol. The number of phenolic OH excluding ortho intramolecular Hbond substituents is 1. The fraction of sp³-hybridized carbons (Fsp3) is 0.462. The molecule has 1 atom stereocenters. The Hall–Kier alpha value is -1.71. The minimum Gasteiger partial charge on any atom is -0.506 e.